The summed E-state index contributed by atoms with van der Waals surface area (Å²) < 4.78 is 5.29. The van der Waals surface area contributed by atoms with Gasteiger partial charge in [-0.25, -0.2) is 0 Å². The monoisotopic (exact) mass is 258 g/mol. The van der Waals surface area contributed by atoms with Crippen LogP contribution in [0.3, 0.4) is 0 Å². The van der Waals surface area contributed by atoms with Gasteiger partial charge in [-0.2, -0.15) is 0 Å². The molecule has 2 heterocycles. The number of piperazine rings is 1. The molecule has 0 radical (unpaired) electrons. The molecule has 5 heteroatoms. The van der Waals surface area contributed by atoms with E-state index in [1.165, 1.54) is 5.69 Å². The van der Waals surface area contributed by atoms with Crippen molar-refractivity contribution in [1.29, 1.82) is 0 Å². The van der Waals surface area contributed by atoms with Crippen molar-refractivity contribution in [3.05, 3.63) is 30.3 Å². The third-order valence-corrected chi connectivity index (χ3v) is 3.54. The summed E-state index contributed by atoms with van der Waals surface area (Å²) in [5.41, 5.74) is 7.88. The minimum absolute atomic E-state index is 0.420. The highest BCUT2D eigenvalue weighted by atomic mass is 16.5. The fourth-order valence-corrected chi connectivity index (χ4v) is 2.42. The summed E-state index contributed by atoms with van der Waals surface area (Å²) in [6.45, 7) is 4.20. The summed E-state index contributed by atoms with van der Waals surface area (Å²) in [6.07, 6.45) is 0. The van der Waals surface area contributed by atoms with Crippen LogP contribution < -0.4 is 10.6 Å². The fraction of sp³-hybridized carbons (Fsp3) is 0.357. The van der Waals surface area contributed by atoms with Gasteiger partial charge in [0.2, 0.25) is 0 Å². The number of benzene rings is 1. The largest absolute Gasteiger partial charge is 0.381 e. The van der Waals surface area contributed by atoms with E-state index in [-0.39, 0.29) is 0 Å². The van der Waals surface area contributed by atoms with Crippen molar-refractivity contribution >= 4 is 11.5 Å². The number of para-hydroxylation sites is 1. The summed E-state index contributed by atoms with van der Waals surface area (Å²) in [5, 5.41) is 3.77. The van der Waals surface area contributed by atoms with Gasteiger partial charge in [0.05, 0.1) is 0 Å². The zero-order chi connectivity index (χ0) is 13.2. The van der Waals surface area contributed by atoms with Gasteiger partial charge in [-0.05, 0) is 19.2 Å². The second kappa shape index (κ2) is 4.93. The first-order chi connectivity index (χ1) is 9.24. The highest BCUT2D eigenvalue weighted by Gasteiger charge is 2.18. The average Bonchev–Trinajstić information content (AvgIpc) is 2.86. The van der Waals surface area contributed by atoms with E-state index in [1.807, 2.05) is 12.1 Å². The molecule has 3 rings (SSSR count). The van der Waals surface area contributed by atoms with E-state index >= 15 is 0 Å². The third-order valence-electron chi connectivity index (χ3n) is 3.54. The maximum absolute atomic E-state index is 5.64. The van der Waals surface area contributed by atoms with Crippen molar-refractivity contribution in [3.8, 4) is 11.3 Å². The molecular weight excluding hydrogens is 240 g/mol. The Morgan fingerprint density at radius 2 is 1.89 bits per heavy atom. The lowest BCUT2D eigenvalue weighted by Gasteiger charge is -2.34. The Balaban J connectivity index is 1.93. The molecule has 0 saturated carbocycles. The molecule has 19 heavy (non-hydrogen) atoms. The van der Waals surface area contributed by atoms with E-state index in [9.17, 15) is 0 Å². The van der Waals surface area contributed by atoms with Crippen molar-refractivity contribution in [2.45, 2.75) is 0 Å². The Morgan fingerprint density at radius 1 is 1.16 bits per heavy atom. The van der Waals surface area contributed by atoms with Crippen LogP contribution in [0.5, 0.6) is 0 Å². The summed E-state index contributed by atoms with van der Waals surface area (Å²) in [7, 11) is 2.15. The minimum atomic E-state index is 0.420. The molecule has 0 spiro atoms. The van der Waals surface area contributed by atoms with Gasteiger partial charge in [0.25, 0.3) is 0 Å². The molecule has 1 aliphatic rings. The molecule has 1 saturated heterocycles. The van der Waals surface area contributed by atoms with Crippen molar-refractivity contribution in [2.75, 3.05) is 43.9 Å². The molecule has 1 aliphatic heterocycles. The molecule has 2 aromatic rings. The van der Waals surface area contributed by atoms with Crippen molar-refractivity contribution in [1.82, 2.24) is 10.1 Å². The molecule has 1 aromatic carbocycles. The van der Waals surface area contributed by atoms with Gasteiger partial charge in [-0.15, -0.1) is 0 Å². The lowest BCUT2D eigenvalue weighted by molar-refractivity contribution is 0.313. The van der Waals surface area contributed by atoms with E-state index in [4.69, 9.17) is 10.3 Å². The highest BCUT2D eigenvalue weighted by molar-refractivity contribution is 5.76. The van der Waals surface area contributed by atoms with E-state index < -0.39 is 0 Å². The average molecular weight is 258 g/mol. The van der Waals surface area contributed by atoms with Gasteiger partial charge >= 0.3 is 0 Å². The fourth-order valence-electron chi connectivity index (χ4n) is 2.42. The van der Waals surface area contributed by atoms with Gasteiger partial charge in [0, 0.05) is 43.5 Å². The van der Waals surface area contributed by atoms with Crippen LogP contribution in [0.15, 0.2) is 34.9 Å². The quantitative estimate of drug-likeness (QED) is 0.888. The molecule has 2 N–H and O–H groups in total. The second-order valence-electron chi connectivity index (χ2n) is 4.92. The molecular formula is C14H18N4O. The number of anilines is 2. The Bertz CT molecular complexity index is 558. The minimum Gasteiger partial charge on any atom is -0.381 e. The van der Waals surface area contributed by atoms with E-state index in [1.54, 1.807) is 6.07 Å². The maximum atomic E-state index is 5.64. The van der Waals surface area contributed by atoms with Crippen molar-refractivity contribution in [2.24, 2.45) is 0 Å². The maximum Gasteiger partial charge on any atom is 0.171 e. The second-order valence-corrected chi connectivity index (χ2v) is 4.92. The topological polar surface area (TPSA) is 58.5 Å². The normalized spacial score (nSPS) is 16.8. The van der Waals surface area contributed by atoms with Crippen LogP contribution in [-0.4, -0.2) is 43.3 Å². The van der Waals surface area contributed by atoms with E-state index in [2.05, 4.69) is 34.1 Å². The standard InChI is InChI=1S/C14H18N4O/c1-17-6-8-18(9-7-17)12-5-3-2-4-11(12)13-10-14(15)16-19-13/h2-5,10H,6-9H2,1H3,(H2,15,16). The number of nitrogens with zero attached hydrogens (tertiary/aromatic N) is 3. The lowest BCUT2D eigenvalue weighted by atomic mass is 10.1. The number of hydrogen-bond donors (Lipinski definition) is 1. The first-order valence-corrected chi connectivity index (χ1v) is 6.49. The molecule has 0 atom stereocenters. The third kappa shape index (κ3) is 2.42. The molecule has 0 aliphatic carbocycles. The Labute approximate surface area is 112 Å². The lowest BCUT2D eigenvalue weighted by Crippen LogP contribution is -2.44. The van der Waals surface area contributed by atoms with Crippen LogP contribution >= 0.6 is 0 Å². The number of likely N-dealkylation sites (N-methyl/N-ethyl adjacent to an activating group) is 1. The van der Waals surface area contributed by atoms with Gasteiger partial charge in [-0.3, -0.25) is 0 Å². The van der Waals surface area contributed by atoms with Crippen LogP contribution in [0.1, 0.15) is 0 Å². The van der Waals surface area contributed by atoms with Gasteiger partial charge in [0.15, 0.2) is 11.6 Å². The van der Waals surface area contributed by atoms with Crippen LogP contribution in [0.25, 0.3) is 11.3 Å². The smallest absolute Gasteiger partial charge is 0.171 e. The molecule has 5 nitrogen and oxygen atoms in total. The predicted octanol–water partition coefficient (Wildman–Crippen LogP) is 1.68. The van der Waals surface area contributed by atoms with Crippen molar-refractivity contribution in [3.63, 3.8) is 0 Å². The molecule has 0 bridgehead atoms. The van der Waals surface area contributed by atoms with Crippen LogP contribution in [-0.2, 0) is 0 Å². The number of nitrogen functional groups attached to an aromatic ring is 1. The number of rotatable bonds is 2. The SMILES string of the molecule is CN1CCN(c2ccccc2-c2cc(N)no2)CC1. The van der Waals surface area contributed by atoms with E-state index in [0.29, 0.717) is 5.82 Å². The van der Waals surface area contributed by atoms with Gasteiger partial charge in [-0.1, -0.05) is 17.3 Å². The number of aromatic nitrogens is 1. The molecule has 100 valence electrons. The summed E-state index contributed by atoms with van der Waals surface area (Å²) in [5.74, 6) is 1.15. The zero-order valence-electron chi connectivity index (χ0n) is 11.0. The van der Waals surface area contributed by atoms with E-state index in [0.717, 1.165) is 37.5 Å². The van der Waals surface area contributed by atoms with Crippen LogP contribution in [0, 0.1) is 0 Å². The Kier molecular flexibility index (Phi) is 3.13. The highest BCUT2D eigenvalue weighted by Crippen LogP contribution is 2.32. The number of nitrogens with two attached hydrogens (primary N) is 1. The van der Waals surface area contributed by atoms with Crippen molar-refractivity contribution < 1.29 is 4.52 Å². The first-order valence-electron chi connectivity index (χ1n) is 6.49. The predicted molar refractivity (Wildman–Crippen MR) is 76.1 cm³/mol. The number of hydrogen-bond acceptors (Lipinski definition) is 5. The molecule has 0 unspecified atom stereocenters. The molecule has 0 amide bonds. The van der Waals surface area contributed by atoms with Crippen LogP contribution in [0.4, 0.5) is 11.5 Å². The Hall–Kier alpha value is -2.01. The summed E-state index contributed by atoms with van der Waals surface area (Å²) in [6, 6.07) is 10.0. The van der Waals surface area contributed by atoms with Gasteiger partial charge < -0.3 is 20.1 Å². The zero-order valence-corrected chi connectivity index (χ0v) is 11.0. The first kappa shape index (κ1) is 12.0. The summed E-state index contributed by atoms with van der Waals surface area (Å²) >= 11 is 0. The summed E-state index contributed by atoms with van der Waals surface area (Å²) in [4.78, 5) is 4.72. The molecule has 1 aromatic heterocycles. The molecule has 1 fully saturated rings. The van der Waals surface area contributed by atoms with Gasteiger partial charge in [0.1, 0.15) is 0 Å². The van der Waals surface area contributed by atoms with Crippen LogP contribution in [0.2, 0.25) is 0 Å². The Morgan fingerprint density at radius 3 is 2.58 bits per heavy atom.